The lowest BCUT2D eigenvalue weighted by molar-refractivity contribution is -0.128. The number of anilines is 2. The molecular weight excluding hydrogens is 491 g/mol. The van der Waals surface area contributed by atoms with Gasteiger partial charge in [-0.05, 0) is 47.9 Å². The summed E-state index contributed by atoms with van der Waals surface area (Å²) in [7, 11) is 0. The van der Waals surface area contributed by atoms with Crippen LogP contribution in [0.2, 0.25) is 0 Å². The molecule has 1 heterocycles. The quantitative estimate of drug-likeness (QED) is 0.478. The fraction of sp³-hybridized carbons (Fsp3) is 0.231. The molecule has 0 saturated carbocycles. The molecule has 0 bridgehead atoms. The van der Waals surface area contributed by atoms with E-state index in [0.29, 0.717) is 28.3 Å². The van der Waals surface area contributed by atoms with Crippen LogP contribution >= 0.6 is 0 Å². The molecule has 37 heavy (non-hydrogen) atoms. The van der Waals surface area contributed by atoms with Gasteiger partial charge in [-0.25, -0.2) is 8.78 Å². The van der Waals surface area contributed by atoms with Gasteiger partial charge in [0.1, 0.15) is 18.5 Å². The zero-order chi connectivity index (χ0) is 24.2. The number of nitrogens with zero attached hydrogens (tertiary/aromatic N) is 1. The number of carbonyl (C=O) groups is 2. The molecule has 202 valence electrons. The normalized spacial score (nSPS) is 14.7. The summed E-state index contributed by atoms with van der Waals surface area (Å²) in [6.45, 7) is 0.705. The van der Waals surface area contributed by atoms with Crippen molar-refractivity contribution in [3.63, 3.8) is 0 Å². The molecule has 0 spiro atoms. The maximum Gasteiger partial charge on any atom is 0.258 e. The van der Waals surface area contributed by atoms with Gasteiger partial charge in [-0.3, -0.25) is 14.3 Å². The van der Waals surface area contributed by atoms with Crippen molar-refractivity contribution >= 4 is 23.2 Å². The topological polar surface area (TPSA) is 148 Å². The maximum absolute atomic E-state index is 13.9. The van der Waals surface area contributed by atoms with Crippen LogP contribution in [0.1, 0.15) is 35.9 Å². The van der Waals surface area contributed by atoms with E-state index >= 15 is 0 Å². The largest absolute Gasteiger partial charge is 0.483 e. The molecular formula is C26H32F3N3O5. The summed E-state index contributed by atoms with van der Waals surface area (Å²) >= 11 is 0. The van der Waals surface area contributed by atoms with Crippen LogP contribution in [0.3, 0.4) is 0 Å². The van der Waals surface area contributed by atoms with Gasteiger partial charge < -0.3 is 31.6 Å². The summed E-state index contributed by atoms with van der Waals surface area (Å²) in [5, 5.41) is 2.77. The molecule has 3 aromatic rings. The van der Waals surface area contributed by atoms with Gasteiger partial charge in [-0.1, -0.05) is 42.5 Å². The highest BCUT2D eigenvalue weighted by molar-refractivity contribution is 6.00. The number of alkyl halides is 2. The molecule has 2 amide bonds. The highest BCUT2D eigenvalue weighted by atomic mass is 19.2. The van der Waals surface area contributed by atoms with E-state index in [1.54, 1.807) is 48.5 Å². The second-order valence-electron chi connectivity index (χ2n) is 8.16. The second kappa shape index (κ2) is 13.3. The highest BCUT2D eigenvalue weighted by Crippen LogP contribution is 2.33. The number of hydrogen-bond donors (Lipinski definition) is 2. The number of nitrogens with one attached hydrogen (secondary N) is 1. The molecule has 1 aliphatic heterocycles. The third-order valence-corrected chi connectivity index (χ3v) is 5.74. The zero-order valence-corrected chi connectivity index (χ0v) is 20.0. The molecule has 4 rings (SSSR count). The van der Waals surface area contributed by atoms with Crippen molar-refractivity contribution in [3.8, 4) is 5.75 Å². The Morgan fingerprint density at radius 2 is 1.78 bits per heavy atom. The Kier molecular flexibility index (Phi) is 11.1. The summed E-state index contributed by atoms with van der Waals surface area (Å²) in [6.07, 6.45) is -1.69. The van der Waals surface area contributed by atoms with Crippen LogP contribution in [-0.4, -0.2) is 36.0 Å². The molecule has 0 aliphatic carbocycles. The molecule has 7 N–H and O–H groups in total. The fourth-order valence-electron chi connectivity index (χ4n) is 3.92. The number of fused-ring (bicyclic) bond motifs is 1. The van der Waals surface area contributed by atoms with E-state index in [4.69, 9.17) is 10.5 Å². The third kappa shape index (κ3) is 6.78. The van der Waals surface area contributed by atoms with Gasteiger partial charge in [0, 0.05) is 18.4 Å². The van der Waals surface area contributed by atoms with E-state index in [0.717, 1.165) is 5.56 Å². The third-order valence-electron chi connectivity index (χ3n) is 5.74. The van der Waals surface area contributed by atoms with Crippen LogP contribution in [0, 0.1) is 6.92 Å². The van der Waals surface area contributed by atoms with Crippen molar-refractivity contribution in [2.75, 3.05) is 23.9 Å². The van der Waals surface area contributed by atoms with E-state index in [2.05, 4.69) is 5.32 Å². The second-order valence-corrected chi connectivity index (χ2v) is 8.16. The fourth-order valence-corrected chi connectivity index (χ4v) is 3.92. The van der Waals surface area contributed by atoms with Crippen LogP contribution in [0.25, 0.3) is 0 Å². The first-order valence-corrected chi connectivity index (χ1v) is 10.8. The average Bonchev–Trinajstić information content (AvgIpc) is 3.02. The highest BCUT2D eigenvalue weighted by Gasteiger charge is 2.33. The van der Waals surface area contributed by atoms with Crippen molar-refractivity contribution in [1.29, 1.82) is 0 Å². The van der Waals surface area contributed by atoms with Crippen molar-refractivity contribution in [1.82, 2.24) is 5.32 Å². The van der Waals surface area contributed by atoms with Crippen molar-refractivity contribution in [3.05, 3.63) is 89.0 Å². The summed E-state index contributed by atoms with van der Waals surface area (Å²) in [5.41, 5.74) is 9.26. The predicted octanol–water partition coefficient (Wildman–Crippen LogP) is 3.09. The number of nitrogens with two attached hydrogens (primary N) is 1. The molecule has 11 heteroatoms. The molecule has 0 fully saturated rings. The van der Waals surface area contributed by atoms with Crippen LogP contribution < -0.4 is 20.7 Å². The zero-order valence-electron chi connectivity index (χ0n) is 20.0. The van der Waals surface area contributed by atoms with Gasteiger partial charge >= 0.3 is 0 Å². The predicted molar refractivity (Wildman–Crippen MR) is 138 cm³/mol. The number of para-hydroxylation sites is 1. The minimum atomic E-state index is -1.69. The smallest absolute Gasteiger partial charge is 0.258 e. The monoisotopic (exact) mass is 523 g/mol. The molecule has 0 aromatic heterocycles. The number of ether oxygens (including phenoxy) is 1. The summed E-state index contributed by atoms with van der Waals surface area (Å²) < 4.78 is 32.0. The number of nitrogen functional groups attached to an aromatic ring is 1. The standard InChI is InChI=1S/C26H25F2N3O3.FH.2H2O.H2/c1-16-3-2-4-21-24(30-23(32)15-34-25(16)21)26(33)31(20-11-9-19(29)10-12-20)14-17-5-7-18(8-6-17)22(28)13-27;;;;/h2-12,22,24H,13-15,29H2,1H3,(H,30,32);1H;2*1H2;1H. The summed E-state index contributed by atoms with van der Waals surface area (Å²) in [5.74, 6) is -0.275. The lowest BCUT2D eigenvalue weighted by Crippen LogP contribution is -2.43. The van der Waals surface area contributed by atoms with Crippen molar-refractivity contribution in [2.45, 2.75) is 25.7 Å². The minimum Gasteiger partial charge on any atom is -0.483 e. The number of rotatable bonds is 6. The Balaban J connectivity index is 0.00000342. The van der Waals surface area contributed by atoms with Crippen molar-refractivity contribution in [2.24, 2.45) is 0 Å². The Hall–Kier alpha value is -4.09. The number of carbonyl (C=O) groups excluding carboxylic acids is 2. The Labute approximate surface area is 213 Å². The minimum absolute atomic E-state index is 0. The van der Waals surface area contributed by atoms with E-state index in [1.165, 1.54) is 17.0 Å². The summed E-state index contributed by atoms with van der Waals surface area (Å²) in [6, 6.07) is 17.6. The van der Waals surface area contributed by atoms with Crippen LogP contribution in [0.5, 0.6) is 5.75 Å². The maximum atomic E-state index is 13.9. The van der Waals surface area contributed by atoms with E-state index in [9.17, 15) is 18.4 Å². The van der Waals surface area contributed by atoms with Gasteiger partial charge in [0.15, 0.2) is 12.8 Å². The first kappa shape index (κ1) is 30.9. The van der Waals surface area contributed by atoms with Crippen LogP contribution in [0.4, 0.5) is 24.9 Å². The molecule has 8 nitrogen and oxygen atoms in total. The van der Waals surface area contributed by atoms with Gasteiger partial charge in [0.05, 0.1) is 6.54 Å². The molecule has 2 atom stereocenters. The molecule has 0 radical (unpaired) electrons. The lowest BCUT2D eigenvalue weighted by atomic mass is 10.0. The number of amides is 2. The first-order valence-electron chi connectivity index (χ1n) is 10.8. The molecule has 1 aliphatic rings. The number of aryl methyl sites for hydroxylation is 1. The van der Waals surface area contributed by atoms with Crippen LogP contribution in [0.15, 0.2) is 66.7 Å². The lowest BCUT2D eigenvalue weighted by Gasteiger charge is -2.28. The first-order chi connectivity index (χ1) is 16.4. The van der Waals surface area contributed by atoms with Gasteiger partial charge in [-0.15, -0.1) is 0 Å². The Bertz CT molecular complexity index is 1200. The van der Waals surface area contributed by atoms with E-state index in [1.807, 2.05) is 13.0 Å². The average molecular weight is 524 g/mol. The Morgan fingerprint density at radius 3 is 2.41 bits per heavy atom. The van der Waals surface area contributed by atoms with Crippen LogP contribution in [-0.2, 0) is 16.1 Å². The number of halogens is 3. The summed E-state index contributed by atoms with van der Waals surface area (Å²) in [4.78, 5) is 27.8. The number of hydrogen-bond acceptors (Lipinski definition) is 4. The van der Waals surface area contributed by atoms with Gasteiger partial charge in [0.25, 0.3) is 11.8 Å². The Morgan fingerprint density at radius 1 is 1.14 bits per heavy atom. The van der Waals surface area contributed by atoms with Crippen molar-refractivity contribution < 1.29 is 40.2 Å². The molecule has 3 aromatic carbocycles. The van der Waals surface area contributed by atoms with E-state index in [-0.39, 0.29) is 41.7 Å². The van der Waals surface area contributed by atoms with Gasteiger partial charge in [-0.2, -0.15) is 0 Å². The molecule has 0 saturated heterocycles. The SMILES string of the molecule is Cc1cccc2c1OCC(=O)NC2C(=O)N(Cc1ccc(C(F)CF)cc1)c1ccc(N)cc1.F.O.O.[HH]. The molecule has 2 unspecified atom stereocenters. The van der Waals surface area contributed by atoms with E-state index < -0.39 is 24.8 Å². The number of benzene rings is 3. The van der Waals surface area contributed by atoms with Gasteiger partial charge in [0.2, 0.25) is 0 Å².